The predicted molar refractivity (Wildman–Crippen MR) is 97.4 cm³/mol. The lowest BCUT2D eigenvalue weighted by molar-refractivity contribution is -0.931. The standard InChI is InChI=1S/C19H24NS2.HI/c1-20(2)17-3-4-18(20)10-14(9-17)11-19(15-5-7-21-12-15)16-6-8-22-13-16;/h5-8,11-14,17-18H,3-4,9-10H2,1-2H3;1H/q+1;/p-1/t17-,18-;/m0./s1. The van der Waals surface area contributed by atoms with E-state index < -0.39 is 0 Å². The molecule has 2 fully saturated rings. The van der Waals surface area contributed by atoms with Crippen molar-refractivity contribution in [1.82, 2.24) is 0 Å². The summed E-state index contributed by atoms with van der Waals surface area (Å²) >= 11 is 3.60. The normalized spacial score (nSPS) is 28.2. The van der Waals surface area contributed by atoms with Gasteiger partial charge in [0.2, 0.25) is 0 Å². The second-order valence-corrected chi connectivity index (χ2v) is 8.91. The van der Waals surface area contributed by atoms with E-state index in [9.17, 15) is 0 Å². The molecule has 23 heavy (non-hydrogen) atoms. The Bertz CT molecular complexity index is 605. The molecule has 1 nitrogen and oxygen atoms in total. The van der Waals surface area contributed by atoms with Gasteiger partial charge in [0.25, 0.3) is 0 Å². The molecule has 2 aromatic heterocycles. The lowest BCUT2D eigenvalue weighted by atomic mass is 9.86. The lowest BCUT2D eigenvalue weighted by Gasteiger charge is -2.43. The first kappa shape index (κ1) is 17.6. The van der Waals surface area contributed by atoms with Crippen LogP contribution < -0.4 is 24.0 Å². The van der Waals surface area contributed by atoms with Crippen LogP contribution in [-0.2, 0) is 0 Å². The Morgan fingerprint density at radius 3 is 1.96 bits per heavy atom. The van der Waals surface area contributed by atoms with Gasteiger partial charge in [-0.3, -0.25) is 0 Å². The Hall–Kier alpha value is -0.170. The van der Waals surface area contributed by atoms with Crippen LogP contribution in [0.25, 0.3) is 5.57 Å². The molecule has 0 spiro atoms. The van der Waals surface area contributed by atoms with E-state index in [1.165, 1.54) is 46.9 Å². The van der Waals surface area contributed by atoms with Gasteiger partial charge in [-0.1, -0.05) is 6.08 Å². The molecule has 0 amide bonds. The maximum atomic E-state index is 2.59. The first-order valence-electron chi connectivity index (χ1n) is 8.25. The van der Waals surface area contributed by atoms with Gasteiger partial charge in [0.15, 0.2) is 0 Å². The zero-order valence-corrected chi connectivity index (χ0v) is 17.5. The number of allylic oxidation sites excluding steroid dienone is 1. The third kappa shape index (κ3) is 3.32. The van der Waals surface area contributed by atoms with Gasteiger partial charge in [-0.2, -0.15) is 22.7 Å². The highest BCUT2D eigenvalue weighted by atomic mass is 127. The summed E-state index contributed by atoms with van der Waals surface area (Å²) < 4.78 is 1.26. The van der Waals surface area contributed by atoms with E-state index in [4.69, 9.17) is 0 Å². The summed E-state index contributed by atoms with van der Waals surface area (Å²) in [6.07, 6.45) is 8.17. The molecule has 2 bridgehead atoms. The van der Waals surface area contributed by atoms with Crippen LogP contribution in [0.5, 0.6) is 0 Å². The number of thiophene rings is 2. The number of fused-ring (bicyclic) bond motifs is 2. The summed E-state index contributed by atoms with van der Waals surface area (Å²) in [5, 5.41) is 8.97. The molecule has 124 valence electrons. The monoisotopic (exact) mass is 457 g/mol. The van der Waals surface area contributed by atoms with Crippen molar-refractivity contribution in [3.05, 3.63) is 50.9 Å². The highest BCUT2D eigenvalue weighted by Crippen LogP contribution is 2.43. The van der Waals surface area contributed by atoms with Gasteiger partial charge in [0.05, 0.1) is 26.2 Å². The van der Waals surface area contributed by atoms with Crippen LogP contribution in [-0.4, -0.2) is 30.7 Å². The Balaban J connectivity index is 0.00000156. The second kappa shape index (κ2) is 6.98. The second-order valence-electron chi connectivity index (χ2n) is 7.35. The summed E-state index contributed by atoms with van der Waals surface area (Å²) in [5.74, 6) is 0.749. The van der Waals surface area contributed by atoms with Crippen LogP contribution in [0.4, 0.5) is 0 Å². The van der Waals surface area contributed by atoms with Gasteiger partial charge in [-0.05, 0) is 56.3 Å². The van der Waals surface area contributed by atoms with E-state index in [0.717, 1.165) is 18.0 Å². The van der Waals surface area contributed by atoms with Crippen LogP contribution in [0.3, 0.4) is 0 Å². The minimum Gasteiger partial charge on any atom is -1.00 e. The van der Waals surface area contributed by atoms with Crippen LogP contribution in [0, 0.1) is 5.92 Å². The number of quaternary nitrogens is 1. The van der Waals surface area contributed by atoms with Gasteiger partial charge in [0, 0.05) is 25.7 Å². The molecular weight excluding hydrogens is 433 g/mol. The molecule has 0 saturated carbocycles. The maximum Gasteiger partial charge on any atom is 0.0896 e. The minimum atomic E-state index is 0. The molecule has 2 aliphatic rings. The number of nitrogens with zero attached hydrogens (tertiary/aromatic N) is 1. The number of halogens is 1. The summed E-state index contributed by atoms with van der Waals surface area (Å²) in [6.45, 7) is 0. The van der Waals surface area contributed by atoms with Gasteiger partial charge in [-0.15, -0.1) is 0 Å². The van der Waals surface area contributed by atoms with E-state index >= 15 is 0 Å². The van der Waals surface area contributed by atoms with Crippen LogP contribution in [0.1, 0.15) is 36.8 Å². The average molecular weight is 457 g/mol. The summed E-state index contributed by atoms with van der Waals surface area (Å²) in [6, 6.07) is 6.27. The number of piperidine rings is 1. The van der Waals surface area contributed by atoms with Crippen molar-refractivity contribution in [3.63, 3.8) is 0 Å². The zero-order valence-electron chi connectivity index (χ0n) is 13.7. The van der Waals surface area contributed by atoms with Crippen molar-refractivity contribution < 1.29 is 28.5 Å². The highest BCUT2D eigenvalue weighted by molar-refractivity contribution is 7.08. The highest BCUT2D eigenvalue weighted by Gasteiger charge is 2.48. The Kier molecular flexibility index (Phi) is 5.36. The topological polar surface area (TPSA) is 0 Å². The third-order valence-corrected chi connectivity index (χ3v) is 7.30. The predicted octanol–water partition coefficient (Wildman–Crippen LogP) is 2.26. The first-order chi connectivity index (χ1) is 10.6. The Morgan fingerprint density at radius 1 is 1.00 bits per heavy atom. The Morgan fingerprint density at radius 2 is 1.52 bits per heavy atom. The molecule has 2 atom stereocenters. The van der Waals surface area contributed by atoms with E-state index in [0.29, 0.717) is 0 Å². The molecule has 4 rings (SSSR count). The number of hydrogen-bond donors (Lipinski definition) is 0. The largest absolute Gasteiger partial charge is 1.00 e. The first-order valence-corrected chi connectivity index (χ1v) is 10.1. The van der Waals surface area contributed by atoms with Crippen molar-refractivity contribution in [2.45, 2.75) is 37.8 Å². The SMILES string of the molecule is C[N+]1(C)[C@H]2CC[C@H]1CC(C=C(c1ccsc1)c1ccsc1)C2.[I-]. The van der Waals surface area contributed by atoms with Gasteiger partial charge >= 0.3 is 0 Å². The molecular formula is C19H24INS2. The smallest absolute Gasteiger partial charge is 0.0896 e. The van der Waals surface area contributed by atoms with E-state index in [2.05, 4.69) is 53.8 Å². The molecule has 0 aliphatic carbocycles. The quantitative estimate of drug-likeness (QED) is 0.490. The number of rotatable bonds is 3. The third-order valence-electron chi connectivity index (χ3n) is 5.93. The van der Waals surface area contributed by atoms with E-state index in [-0.39, 0.29) is 24.0 Å². The van der Waals surface area contributed by atoms with Crippen LogP contribution in [0.15, 0.2) is 39.7 Å². The van der Waals surface area contributed by atoms with E-state index in [1.807, 2.05) is 0 Å². The molecule has 2 saturated heterocycles. The molecule has 4 heteroatoms. The fourth-order valence-electron chi connectivity index (χ4n) is 4.49. The van der Waals surface area contributed by atoms with Crippen molar-refractivity contribution in [2.75, 3.05) is 14.1 Å². The molecule has 2 aliphatic heterocycles. The van der Waals surface area contributed by atoms with Crippen LogP contribution >= 0.6 is 22.7 Å². The van der Waals surface area contributed by atoms with Crippen molar-refractivity contribution in [2.24, 2.45) is 5.92 Å². The maximum absolute atomic E-state index is 2.59. The Labute approximate surface area is 164 Å². The summed E-state index contributed by atoms with van der Waals surface area (Å²) in [5.41, 5.74) is 4.25. The molecule has 2 aromatic rings. The molecule has 0 radical (unpaired) electrons. The fourth-order valence-corrected chi connectivity index (χ4v) is 5.80. The molecule has 0 aromatic carbocycles. The van der Waals surface area contributed by atoms with Gasteiger partial charge < -0.3 is 28.5 Å². The minimum absolute atomic E-state index is 0. The zero-order chi connectivity index (χ0) is 15.2. The van der Waals surface area contributed by atoms with Crippen molar-refractivity contribution >= 4 is 28.2 Å². The average Bonchev–Trinajstić information content (AvgIpc) is 3.19. The molecule has 0 N–H and O–H groups in total. The van der Waals surface area contributed by atoms with Crippen molar-refractivity contribution in [1.29, 1.82) is 0 Å². The summed E-state index contributed by atoms with van der Waals surface area (Å²) in [4.78, 5) is 0. The van der Waals surface area contributed by atoms with Crippen LogP contribution in [0.2, 0.25) is 0 Å². The lowest BCUT2D eigenvalue weighted by Crippen LogP contribution is -3.00. The van der Waals surface area contributed by atoms with E-state index in [1.54, 1.807) is 22.7 Å². The van der Waals surface area contributed by atoms with Gasteiger partial charge in [0.1, 0.15) is 0 Å². The molecule has 0 unspecified atom stereocenters. The summed E-state index contributed by atoms with van der Waals surface area (Å²) in [7, 11) is 4.89. The fraction of sp³-hybridized carbons (Fsp3) is 0.474. The number of hydrogen-bond acceptors (Lipinski definition) is 2. The molecule has 4 heterocycles. The van der Waals surface area contributed by atoms with Gasteiger partial charge in [-0.25, -0.2) is 0 Å². The van der Waals surface area contributed by atoms with Crippen molar-refractivity contribution in [3.8, 4) is 0 Å².